The summed E-state index contributed by atoms with van der Waals surface area (Å²) in [4.78, 5) is 0. The van der Waals surface area contributed by atoms with E-state index in [0.717, 1.165) is 18.2 Å². The van der Waals surface area contributed by atoms with Gasteiger partial charge in [0.1, 0.15) is 0 Å². The lowest BCUT2D eigenvalue weighted by Gasteiger charge is -2.10. The summed E-state index contributed by atoms with van der Waals surface area (Å²) in [5.41, 5.74) is 8.54. The van der Waals surface area contributed by atoms with Gasteiger partial charge in [0.2, 0.25) is 0 Å². The van der Waals surface area contributed by atoms with Crippen molar-refractivity contribution in [1.29, 1.82) is 5.26 Å². The minimum Gasteiger partial charge on any atom is -0.397 e. The van der Waals surface area contributed by atoms with Crippen molar-refractivity contribution in [2.45, 2.75) is 20.3 Å². The van der Waals surface area contributed by atoms with Crippen LogP contribution in [0.15, 0.2) is 18.2 Å². The first-order chi connectivity index (χ1) is 7.53. The average molecular weight is 215 g/mol. The van der Waals surface area contributed by atoms with Crippen molar-refractivity contribution >= 4 is 11.4 Å². The zero-order chi connectivity index (χ0) is 11.8. The molecular weight excluding hydrogens is 198 g/mol. The van der Waals surface area contributed by atoms with Gasteiger partial charge in [0.25, 0.3) is 0 Å². The highest BCUT2D eigenvalue weighted by Crippen LogP contribution is 2.51. The molecule has 0 bridgehead atoms. The molecule has 1 aliphatic rings. The van der Waals surface area contributed by atoms with Crippen molar-refractivity contribution in [3.63, 3.8) is 0 Å². The van der Waals surface area contributed by atoms with Crippen LogP contribution in [0.2, 0.25) is 0 Å². The highest BCUT2D eigenvalue weighted by molar-refractivity contribution is 5.68. The second-order valence-electron chi connectivity index (χ2n) is 5.18. The summed E-state index contributed by atoms with van der Waals surface area (Å²) in [5, 5.41) is 12.1. The van der Waals surface area contributed by atoms with Gasteiger partial charge in [-0.05, 0) is 36.0 Å². The van der Waals surface area contributed by atoms with Gasteiger partial charge in [-0.3, -0.25) is 0 Å². The Morgan fingerprint density at radius 2 is 2.25 bits per heavy atom. The molecule has 1 aromatic rings. The molecule has 1 fully saturated rings. The third kappa shape index (κ3) is 2.11. The number of benzene rings is 1. The molecule has 1 atom stereocenters. The maximum absolute atomic E-state index is 8.81. The number of nitrogens with one attached hydrogen (secondary N) is 1. The number of nitrogen functional groups attached to an aromatic ring is 1. The van der Waals surface area contributed by atoms with Crippen molar-refractivity contribution in [3.8, 4) is 6.07 Å². The van der Waals surface area contributed by atoms with Crippen LogP contribution in [0.4, 0.5) is 11.4 Å². The van der Waals surface area contributed by atoms with Gasteiger partial charge in [0, 0.05) is 6.54 Å². The van der Waals surface area contributed by atoms with Crippen molar-refractivity contribution in [1.82, 2.24) is 0 Å². The number of anilines is 2. The molecule has 0 amide bonds. The Morgan fingerprint density at radius 3 is 2.81 bits per heavy atom. The number of hydrogen-bond donors (Lipinski definition) is 2. The third-order valence-corrected chi connectivity index (χ3v) is 3.44. The zero-order valence-electron chi connectivity index (χ0n) is 9.75. The second kappa shape index (κ2) is 3.71. The minimum absolute atomic E-state index is 0.467. The van der Waals surface area contributed by atoms with Crippen molar-refractivity contribution in [3.05, 3.63) is 23.8 Å². The number of rotatable bonds is 3. The minimum atomic E-state index is 0.467. The van der Waals surface area contributed by atoms with Crippen LogP contribution in [-0.4, -0.2) is 6.54 Å². The zero-order valence-corrected chi connectivity index (χ0v) is 9.75. The van der Waals surface area contributed by atoms with Gasteiger partial charge in [-0.1, -0.05) is 13.8 Å². The molecule has 3 heteroatoms. The van der Waals surface area contributed by atoms with Crippen molar-refractivity contribution < 1.29 is 0 Å². The summed E-state index contributed by atoms with van der Waals surface area (Å²) in [6, 6.07) is 7.44. The Morgan fingerprint density at radius 1 is 1.56 bits per heavy atom. The Labute approximate surface area is 96.3 Å². The largest absolute Gasteiger partial charge is 0.397 e. The molecule has 16 heavy (non-hydrogen) atoms. The van der Waals surface area contributed by atoms with Crippen LogP contribution in [0.3, 0.4) is 0 Å². The number of nitrogens with zero attached hydrogens (tertiary/aromatic N) is 1. The molecule has 1 aromatic carbocycles. The average Bonchev–Trinajstić information content (AvgIpc) is 2.85. The van der Waals surface area contributed by atoms with Crippen LogP contribution in [0.5, 0.6) is 0 Å². The summed E-state index contributed by atoms with van der Waals surface area (Å²) in [7, 11) is 0. The first kappa shape index (κ1) is 10.8. The van der Waals surface area contributed by atoms with Crippen molar-refractivity contribution in [2.75, 3.05) is 17.6 Å². The molecule has 1 unspecified atom stereocenters. The number of hydrogen-bond acceptors (Lipinski definition) is 3. The molecule has 3 nitrogen and oxygen atoms in total. The fourth-order valence-corrected chi connectivity index (χ4v) is 1.94. The van der Waals surface area contributed by atoms with E-state index < -0.39 is 0 Å². The van der Waals surface area contributed by atoms with E-state index in [9.17, 15) is 0 Å². The van der Waals surface area contributed by atoms with Gasteiger partial charge in [-0.25, -0.2) is 0 Å². The van der Waals surface area contributed by atoms with E-state index in [1.807, 2.05) is 6.07 Å². The SMILES string of the molecule is CC1(C)CC1CNc1cc(C#N)ccc1N. The van der Waals surface area contributed by atoms with Crippen LogP contribution < -0.4 is 11.1 Å². The van der Waals surface area contributed by atoms with Crippen LogP contribution >= 0.6 is 0 Å². The van der Waals surface area contributed by atoms with Gasteiger partial charge >= 0.3 is 0 Å². The molecule has 84 valence electrons. The van der Waals surface area contributed by atoms with Crippen LogP contribution in [-0.2, 0) is 0 Å². The highest BCUT2D eigenvalue weighted by Gasteiger charge is 2.44. The molecule has 0 heterocycles. The fourth-order valence-electron chi connectivity index (χ4n) is 1.94. The monoisotopic (exact) mass is 215 g/mol. The number of nitrogens with two attached hydrogens (primary N) is 1. The molecule has 0 saturated heterocycles. The summed E-state index contributed by atoms with van der Waals surface area (Å²) in [6.45, 7) is 5.48. The first-order valence-corrected chi connectivity index (χ1v) is 5.56. The normalized spacial score (nSPS) is 21.2. The van der Waals surface area contributed by atoms with E-state index in [2.05, 4.69) is 25.2 Å². The maximum Gasteiger partial charge on any atom is 0.0992 e. The first-order valence-electron chi connectivity index (χ1n) is 5.56. The summed E-state index contributed by atoms with van der Waals surface area (Å²) < 4.78 is 0. The smallest absolute Gasteiger partial charge is 0.0992 e. The third-order valence-electron chi connectivity index (χ3n) is 3.44. The van der Waals surface area contributed by atoms with E-state index in [4.69, 9.17) is 11.0 Å². The Balaban J connectivity index is 2.02. The Bertz CT molecular complexity index is 443. The van der Waals surface area contributed by atoms with Crippen molar-refractivity contribution in [2.24, 2.45) is 11.3 Å². The van der Waals surface area contributed by atoms with Crippen LogP contribution in [0, 0.1) is 22.7 Å². The van der Waals surface area contributed by atoms with Gasteiger partial charge in [0.15, 0.2) is 0 Å². The summed E-state index contributed by atoms with van der Waals surface area (Å²) in [6.07, 6.45) is 1.26. The summed E-state index contributed by atoms with van der Waals surface area (Å²) >= 11 is 0. The maximum atomic E-state index is 8.81. The molecule has 0 aromatic heterocycles. The van der Waals surface area contributed by atoms with E-state index in [0.29, 0.717) is 16.7 Å². The molecular formula is C13H17N3. The second-order valence-corrected chi connectivity index (χ2v) is 5.18. The lowest BCUT2D eigenvalue weighted by molar-refractivity contribution is 0.573. The van der Waals surface area contributed by atoms with Crippen LogP contribution in [0.25, 0.3) is 0 Å². The van der Waals surface area contributed by atoms with E-state index in [1.165, 1.54) is 6.42 Å². The van der Waals surface area contributed by atoms with E-state index in [1.54, 1.807) is 12.1 Å². The van der Waals surface area contributed by atoms with Crippen LogP contribution in [0.1, 0.15) is 25.8 Å². The van der Waals surface area contributed by atoms with E-state index in [-0.39, 0.29) is 0 Å². The fraction of sp³-hybridized carbons (Fsp3) is 0.462. The predicted molar refractivity (Wildman–Crippen MR) is 65.9 cm³/mol. The topological polar surface area (TPSA) is 61.8 Å². The van der Waals surface area contributed by atoms with Gasteiger partial charge < -0.3 is 11.1 Å². The molecule has 0 aliphatic heterocycles. The number of nitriles is 1. The standard InChI is InChI=1S/C13H17N3/c1-13(2)6-10(13)8-16-12-5-9(7-14)3-4-11(12)15/h3-5,10,16H,6,8,15H2,1-2H3. The molecule has 1 aliphatic carbocycles. The molecule has 3 N–H and O–H groups in total. The Kier molecular flexibility index (Phi) is 2.51. The lowest BCUT2D eigenvalue weighted by Crippen LogP contribution is -2.08. The van der Waals surface area contributed by atoms with Gasteiger partial charge in [-0.2, -0.15) is 5.26 Å². The quantitative estimate of drug-likeness (QED) is 0.762. The lowest BCUT2D eigenvalue weighted by atomic mass is 10.1. The Hall–Kier alpha value is -1.69. The highest BCUT2D eigenvalue weighted by atomic mass is 14.9. The molecule has 0 radical (unpaired) electrons. The van der Waals surface area contributed by atoms with Gasteiger partial charge in [-0.15, -0.1) is 0 Å². The summed E-state index contributed by atoms with van der Waals surface area (Å²) in [5.74, 6) is 0.720. The molecule has 0 spiro atoms. The molecule has 1 saturated carbocycles. The predicted octanol–water partition coefficient (Wildman–Crippen LogP) is 2.60. The van der Waals surface area contributed by atoms with Gasteiger partial charge in [0.05, 0.1) is 23.0 Å². The van der Waals surface area contributed by atoms with E-state index >= 15 is 0 Å². The molecule has 2 rings (SSSR count).